The van der Waals surface area contributed by atoms with Gasteiger partial charge in [-0.15, -0.1) is 0 Å². The summed E-state index contributed by atoms with van der Waals surface area (Å²) in [6, 6.07) is 4.37. The highest BCUT2D eigenvalue weighted by Crippen LogP contribution is 2.16. The Kier molecular flexibility index (Phi) is 2.86. The summed E-state index contributed by atoms with van der Waals surface area (Å²) < 4.78 is 0. The summed E-state index contributed by atoms with van der Waals surface area (Å²) in [6.07, 6.45) is 0. The normalized spacial score (nSPS) is 9.85. The summed E-state index contributed by atoms with van der Waals surface area (Å²) >= 11 is 0. The van der Waals surface area contributed by atoms with Gasteiger partial charge in [0.05, 0.1) is 0 Å². The van der Waals surface area contributed by atoms with E-state index in [1.54, 1.807) is 0 Å². The molecule has 0 atom stereocenters. The van der Waals surface area contributed by atoms with Crippen LogP contribution in [-0.4, -0.2) is 29.0 Å². The SMILES string of the molecule is Bc1c(NC)cc(C)cc1N(C)C. The van der Waals surface area contributed by atoms with E-state index in [9.17, 15) is 0 Å². The van der Waals surface area contributed by atoms with Gasteiger partial charge in [-0.1, -0.05) is 0 Å². The van der Waals surface area contributed by atoms with Crippen molar-refractivity contribution in [2.45, 2.75) is 6.92 Å². The lowest BCUT2D eigenvalue weighted by molar-refractivity contribution is 1.13. The molecule has 2 nitrogen and oxygen atoms in total. The van der Waals surface area contributed by atoms with Crippen molar-refractivity contribution in [1.82, 2.24) is 0 Å². The maximum atomic E-state index is 3.20. The van der Waals surface area contributed by atoms with E-state index in [4.69, 9.17) is 0 Å². The van der Waals surface area contributed by atoms with Gasteiger partial charge in [0.25, 0.3) is 0 Å². The maximum Gasteiger partial charge on any atom is 0.144 e. The Morgan fingerprint density at radius 3 is 2.38 bits per heavy atom. The third-order valence-electron chi connectivity index (χ3n) is 2.28. The van der Waals surface area contributed by atoms with Crippen LogP contribution >= 0.6 is 0 Å². The second kappa shape index (κ2) is 3.73. The van der Waals surface area contributed by atoms with Crippen molar-refractivity contribution in [3.63, 3.8) is 0 Å². The average Bonchev–Trinajstić information content (AvgIpc) is 2.08. The van der Waals surface area contributed by atoms with Crippen molar-refractivity contribution in [1.29, 1.82) is 0 Å². The second-order valence-electron chi connectivity index (χ2n) is 3.60. The molecule has 1 rings (SSSR count). The van der Waals surface area contributed by atoms with Crippen molar-refractivity contribution < 1.29 is 0 Å². The lowest BCUT2D eigenvalue weighted by Crippen LogP contribution is -2.22. The van der Waals surface area contributed by atoms with E-state index in [0.29, 0.717) is 0 Å². The van der Waals surface area contributed by atoms with Crippen LogP contribution in [-0.2, 0) is 0 Å². The minimum absolute atomic E-state index is 1.21. The second-order valence-corrected chi connectivity index (χ2v) is 3.60. The summed E-state index contributed by atoms with van der Waals surface area (Å²) in [7, 11) is 8.24. The molecule has 0 saturated heterocycles. The summed E-state index contributed by atoms with van der Waals surface area (Å²) in [5, 5.41) is 3.20. The highest BCUT2D eigenvalue weighted by atomic mass is 15.1. The first kappa shape index (κ1) is 9.97. The van der Waals surface area contributed by atoms with Crippen molar-refractivity contribution >= 4 is 24.7 Å². The third-order valence-corrected chi connectivity index (χ3v) is 2.28. The van der Waals surface area contributed by atoms with Gasteiger partial charge >= 0.3 is 0 Å². The number of anilines is 2. The quantitative estimate of drug-likeness (QED) is 0.654. The molecule has 1 aromatic carbocycles. The molecule has 3 heteroatoms. The highest BCUT2D eigenvalue weighted by Gasteiger charge is 2.05. The number of aryl methyl sites for hydroxylation is 1. The van der Waals surface area contributed by atoms with E-state index in [1.165, 1.54) is 22.4 Å². The first-order valence-corrected chi connectivity index (χ1v) is 4.52. The van der Waals surface area contributed by atoms with Crippen LogP contribution in [0.1, 0.15) is 5.56 Å². The van der Waals surface area contributed by atoms with E-state index in [2.05, 4.69) is 51.2 Å². The van der Waals surface area contributed by atoms with Crippen LogP contribution in [0.15, 0.2) is 12.1 Å². The molecule has 0 heterocycles. The zero-order valence-corrected chi connectivity index (χ0v) is 9.10. The predicted octanol–water partition coefficient (Wildman–Crippen LogP) is 0.361. The van der Waals surface area contributed by atoms with Gasteiger partial charge < -0.3 is 10.2 Å². The Hall–Kier alpha value is -1.12. The van der Waals surface area contributed by atoms with E-state index in [0.717, 1.165) is 0 Å². The molecule has 0 aliphatic carbocycles. The Balaban J connectivity index is 3.27. The van der Waals surface area contributed by atoms with Crippen LogP contribution < -0.4 is 15.7 Å². The minimum atomic E-state index is 1.21. The smallest absolute Gasteiger partial charge is 0.144 e. The minimum Gasteiger partial charge on any atom is -0.389 e. The van der Waals surface area contributed by atoms with E-state index in [-0.39, 0.29) is 0 Å². The molecule has 0 aliphatic heterocycles. The fourth-order valence-corrected chi connectivity index (χ4v) is 1.56. The zero-order valence-electron chi connectivity index (χ0n) is 9.10. The largest absolute Gasteiger partial charge is 0.389 e. The van der Waals surface area contributed by atoms with Gasteiger partial charge in [0.15, 0.2) is 0 Å². The molecule has 0 bridgehead atoms. The van der Waals surface area contributed by atoms with Crippen LogP contribution in [0.4, 0.5) is 11.4 Å². The molecule has 0 saturated carbocycles. The lowest BCUT2D eigenvalue weighted by Gasteiger charge is -2.19. The Morgan fingerprint density at radius 2 is 1.92 bits per heavy atom. The molecule has 13 heavy (non-hydrogen) atoms. The summed E-state index contributed by atoms with van der Waals surface area (Å²) in [4.78, 5) is 2.14. The standard InChI is InChI=1S/C10H17BN2/c1-7-5-8(12-2)10(11)9(6-7)13(3)4/h5-6,12H,11H2,1-4H3. The van der Waals surface area contributed by atoms with Gasteiger partial charge in [-0.3, -0.25) is 0 Å². The Bertz CT molecular complexity index is 308. The van der Waals surface area contributed by atoms with Crippen molar-refractivity contribution in [2.75, 3.05) is 31.4 Å². The molecule has 1 aromatic rings. The van der Waals surface area contributed by atoms with Gasteiger partial charge in [0.2, 0.25) is 0 Å². The molecule has 0 fully saturated rings. The van der Waals surface area contributed by atoms with Crippen LogP contribution in [0.2, 0.25) is 0 Å². The first-order valence-electron chi connectivity index (χ1n) is 4.52. The number of hydrogen-bond acceptors (Lipinski definition) is 2. The predicted molar refractivity (Wildman–Crippen MR) is 63.2 cm³/mol. The van der Waals surface area contributed by atoms with Crippen molar-refractivity contribution in [3.05, 3.63) is 17.7 Å². The summed E-state index contributed by atoms with van der Waals surface area (Å²) in [6.45, 7) is 2.12. The van der Waals surface area contributed by atoms with E-state index < -0.39 is 0 Å². The zero-order chi connectivity index (χ0) is 10.0. The summed E-state index contributed by atoms with van der Waals surface area (Å²) in [5.74, 6) is 0. The van der Waals surface area contributed by atoms with Crippen molar-refractivity contribution in [2.24, 2.45) is 0 Å². The third kappa shape index (κ3) is 1.97. The topological polar surface area (TPSA) is 15.3 Å². The molecular formula is C10H17BN2. The van der Waals surface area contributed by atoms with Crippen LogP contribution in [0.3, 0.4) is 0 Å². The lowest BCUT2D eigenvalue weighted by atomic mass is 9.90. The molecule has 70 valence electrons. The van der Waals surface area contributed by atoms with Crippen LogP contribution in [0.25, 0.3) is 0 Å². The fourth-order valence-electron chi connectivity index (χ4n) is 1.56. The Morgan fingerprint density at radius 1 is 1.31 bits per heavy atom. The molecule has 1 N–H and O–H groups in total. The molecule has 0 spiro atoms. The van der Waals surface area contributed by atoms with Gasteiger partial charge in [-0.2, -0.15) is 0 Å². The van der Waals surface area contributed by atoms with Gasteiger partial charge in [-0.25, -0.2) is 0 Å². The molecule has 0 aliphatic rings. The number of nitrogens with zero attached hydrogens (tertiary/aromatic N) is 1. The van der Waals surface area contributed by atoms with Crippen molar-refractivity contribution in [3.8, 4) is 0 Å². The molecule has 0 radical (unpaired) electrons. The average molecular weight is 176 g/mol. The Labute approximate surface area is 81.4 Å². The van der Waals surface area contributed by atoms with Crippen LogP contribution in [0, 0.1) is 6.92 Å². The van der Waals surface area contributed by atoms with Crippen LogP contribution in [0.5, 0.6) is 0 Å². The molecule has 0 amide bonds. The number of rotatable bonds is 2. The first-order chi connectivity index (χ1) is 6.06. The number of hydrogen-bond donors (Lipinski definition) is 1. The molecule has 0 unspecified atom stereocenters. The molecule has 0 aromatic heterocycles. The van der Waals surface area contributed by atoms with Gasteiger partial charge in [-0.05, 0) is 30.1 Å². The number of nitrogens with one attached hydrogen (secondary N) is 1. The van der Waals surface area contributed by atoms with E-state index >= 15 is 0 Å². The van der Waals surface area contributed by atoms with Gasteiger partial charge in [0, 0.05) is 32.5 Å². The highest BCUT2D eigenvalue weighted by molar-refractivity contribution is 6.39. The van der Waals surface area contributed by atoms with E-state index in [1.807, 2.05) is 7.05 Å². The maximum absolute atomic E-state index is 3.20. The summed E-state index contributed by atoms with van der Waals surface area (Å²) in [5.41, 5.74) is 5.09. The van der Waals surface area contributed by atoms with Gasteiger partial charge in [0.1, 0.15) is 7.85 Å². The monoisotopic (exact) mass is 176 g/mol. The molecular weight excluding hydrogens is 159 g/mol. The fraction of sp³-hybridized carbons (Fsp3) is 0.400. The number of benzene rings is 1.